The van der Waals surface area contributed by atoms with Crippen LogP contribution in [-0.4, -0.2) is 61.0 Å². The van der Waals surface area contributed by atoms with Gasteiger partial charge in [-0.1, -0.05) is 23.2 Å². The molecule has 2 fully saturated rings. The molecule has 0 radical (unpaired) electrons. The third-order valence-electron chi connectivity index (χ3n) is 4.31. The molecule has 4 nitrogen and oxygen atoms in total. The van der Waals surface area contributed by atoms with Crippen molar-refractivity contribution >= 4 is 41.5 Å². The van der Waals surface area contributed by atoms with Gasteiger partial charge in [-0.15, -0.1) is 12.4 Å². The van der Waals surface area contributed by atoms with Crippen molar-refractivity contribution in [3.05, 3.63) is 33.8 Å². The number of nitrogens with zero attached hydrogens (tertiary/aromatic N) is 2. The first-order chi connectivity index (χ1) is 10.1. The molecule has 7 heteroatoms. The van der Waals surface area contributed by atoms with Crippen molar-refractivity contribution in [1.82, 2.24) is 15.1 Å². The van der Waals surface area contributed by atoms with Gasteiger partial charge in [0.25, 0.3) is 5.91 Å². The van der Waals surface area contributed by atoms with Crippen LogP contribution in [0.5, 0.6) is 0 Å². The van der Waals surface area contributed by atoms with Gasteiger partial charge < -0.3 is 10.2 Å². The maximum Gasteiger partial charge on any atom is 0.255 e. The minimum absolute atomic E-state index is 0. The zero-order chi connectivity index (χ0) is 14.8. The van der Waals surface area contributed by atoms with Crippen molar-refractivity contribution < 1.29 is 4.79 Å². The quantitative estimate of drug-likeness (QED) is 0.876. The molecule has 0 aromatic heterocycles. The lowest BCUT2D eigenvalue weighted by Gasteiger charge is -2.37. The number of rotatable bonds is 2. The van der Waals surface area contributed by atoms with Crippen molar-refractivity contribution in [1.29, 1.82) is 0 Å². The summed E-state index contributed by atoms with van der Waals surface area (Å²) in [7, 11) is 0. The van der Waals surface area contributed by atoms with Gasteiger partial charge in [-0.25, -0.2) is 0 Å². The topological polar surface area (TPSA) is 35.6 Å². The van der Waals surface area contributed by atoms with Gasteiger partial charge >= 0.3 is 0 Å². The van der Waals surface area contributed by atoms with Gasteiger partial charge in [-0.3, -0.25) is 9.69 Å². The molecule has 2 aliphatic rings. The van der Waals surface area contributed by atoms with Gasteiger partial charge in [-0.05, 0) is 31.2 Å². The summed E-state index contributed by atoms with van der Waals surface area (Å²) in [6.45, 7) is 5.51. The summed E-state index contributed by atoms with van der Waals surface area (Å²) >= 11 is 12.1. The molecule has 1 atom stereocenters. The number of amides is 1. The van der Waals surface area contributed by atoms with Gasteiger partial charge in [0.05, 0.1) is 10.6 Å². The number of halogens is 3. The average Bonchev–Trinajstić information content (AvgIpc) is 3.03. The molecule has 1 N–H and O–H groups in total. The second-order valence-electron chi connectivity index (χ2n) is 5.60. The van der Waals surface area contributed by atoms with E-state index in [1.165, 1.54) is 6.42 Å². The first kappa shape index (κ1) is 17.8. The Balaban J connectivity index is 0.00000176. The Morgan fingerprint density at radius 2 is 1.91 bits per heavy atom. The average molecular weight is 365 g/mol. The summed E-state index contributed by atoms with van der Waals surface area (Å²) in [6, 6.07) is 5.65. The fraction of sp³-hybridized carbons (Fsp3) is 0.533. The minimum atomic E-state index is -0.0216. The Hall–Kier alpha value is -0.520. The van der Waals surface area contributed by atoms with Crippen LogP contribution in [0.4, 0.5) is 0 Å². The Kier molecular flexibility index (Phi) is 6.36. The molecule has 1 aromatic rings. The standard InChI is InChI=1S/C15H19Cl2N3O.ClH/c16-11-1-2-14(17)13(9-11)15(21)20-7-5-19(6-8-20)12-3-4-18-10-12;/h1-2,9,12,18H,3-8,10H2;1H. The predicted molar refractivity (Wildman–Crippen MR) is 92.5 cm³/mol. The maximum absolute atomic E-state index is 12.6. The Bertz CT molecular complexity index is 527. The molecule has 2 heterocycles. The fourth-order valence-corrected chi connectivity index (χ4v) is 3.44. The van der Waals surface area contributed by atoms with Crippen LogP contribution in [0.2, 0.25) is 10.0 Å². The van der Waals surface area contributed by atoms with E-state index in [2.05, 4.69) is 10.2 Å². The number of carbonyl (C=O) groups excluding carboxylic acids is 1. The van der Waals surface area contributed by atoms with Crippen molar-refractivity contribution in [2.75, 3.05) is 39.3 Å². The lowest BCUT2D eigenvalue weighted by atomic mass is 10.1. The number of hydrogen-bond acceptors (Lipinski definition) is 3. The van der Waals surface area contributed by atoms with E-state index < -0.39 is 0 Å². The van der Waals surface area contributed by atoms with Crippen LogP contribution in [0, 0.1) is 0 Å². The third kappa shape index (κ3) is 3.87. The van der Waals surface area contributed by atoms with Gasteiger partial charge in [0.15, 0.2) is 0 Å². The molecule has 122 valence electrons. The Labute approximate surface area is 147 Å². The number of nitrogens with one attached hydrogen (secondary N) is 1. The van der Waals surface area contributed by atoms with Crippen LogP contribution in [0.25, 0.3) is 0 Å². The minimum Gasteiger partial charge on any atom is -0.336 e. The van der Waals surface area contributed by atoms with Crippen LogP contribution in [0.15, 0.2) is 18.2 Å². The molecule has 1 unspecified atom stereocenters. The van der Waals surface area contributed by atoms with Crippen LogP contribution in [0.1, 0.15) is 16.8 Å². The van der Waals surface area contributed by atoms with Crippen LogP contribution < -0.4 is 5.32 Å². The fourth-order valence-electron chi connectivity index (χ4n) is 3.07. The summed E-state index contributed by atoms with van der Waals surface area (Å²) in [5, 5.41) is 4.39. The molecule has 0 spiro atoms. The Morgan fingerprint density at radius 1 is 1.18 bits per heavy atom. The summed E-state index contributed by atoms with van der Waals surface area (Å²) < 4.78 is 0. The number of piperazine rings is 1. The summed E-state index contributed by atoms with van der Waals surface area (Å²) in [6.07, 6.45) is 1.20. The highest BCUT2D eigenvalue weighted by atomic mass is 35.5. The van der Waals surface area contributed by atoms with Crippen molar-refractivity contribution in [3.8, 4) is 0 Å². The van der Waals surface area contributed by atoms with E-state index in [-0.39, 0.29) is 18.3 Å². The highest BCUT2D eigenvalue weighted by Crippen LogP contribution is 2.23. The van der Waals surface area contributed by atoms with Gasteiger partial charge in [0.2, 0.25) is 0 Å². The van der Waals surface area contributed by atoms with Gasteiger partial charge in [0, 0.05) is 43.8 Å². The van der Waals surface area contributed by atoms with E-state index in [1.54, 1.807) is 18.2 Å². The Morgan fingerprint density at radius 3 is 2.55 bits per heavy atom. The maximum atomic E-state index is 12.6. The van der Waals surface area contributed by atoms with Crippen molar-refractivity contribution in [2.24, 2.45) is 0 Å². The van der Waals surface area contributed by atoms with Crippen molar-refractivity contribution in [2.45, 2.75) is 12.5 Å². The zero-order valence-corrected chi connectivity index (χ0v) is 14.6. The van der Waals surface area contributed by atoms with Crippen LogP contribution in [-0.2, 0) is 0 Å². The molecular weight excluding hydrogens is 345 g/mol. The number of hydrogen-bond donors (Lipinski definition) is 1. The molecule has 0 saturated carbocycles. The van der Waals surface area contributed by atoms with Crippen LogP contribution in [0.3, 0.4) is 0 Å². The first-order valence-electron chi connectivity index (χ1n) is 7.34. The first-order valence-corrected chi connectivity index (χ1v) is 8.10. The van der Waals surface area contributed by atoms with E-state index >= 15 is 0 Å². The molecular formula is C15H20Cl3N3O. The number of benzene rings is 1. The zero-order valence-electron chi connectivity index (χ0n) is 12.2. The molecule has 0 bridgehead atoms. The lowest BCUT2D eigenvalue weighted by molar-refractivity contribution is 0.0584. The SMILES string of the molecule is Cl.O=C(c1cc(Cl)ccc1Cl)N1CCN(C2CCNC2)CC1. The molecule has 1 aromatic carbocycles. The highest BCUT2D eigenvalue weighted by Gasteiger charge is 2.28. The van der Waals surface area contributed by atoms with E-state index in [1.807, 2.05) is 4.90 Å². The van der Waals surface area contributed by atoms with Crippen molar-refractivity contribution in [3.63, 3.8) is 0 Å². The largest absolute Gasteiger partial charge is 0.336 e. The van der Waals surface area contributed by atoms with Gasteiger partial charge in [0.1, 0.15) is 0 Å². The summed E-state index contributed by atoms with van der Waals surface area (Å²) in [5.74, 6) is -0.0216. The van der Waals surface area contributed by atoms with Crippen LogP contribution >= 0.6 is 35.6 Å². The summed E-state index contributed by atoms with van der Waals surface area (Å²) in [4.78, 5) is 16.9. The van der Waals surface area contributed by atoms with E-state index in [0.29, 0.717) is 21.7 Å². The molecule has 1 amide bonds. The highest BCUT2D eigenvalue weighted by molar-refractivity contribution is 6.35. The second kappa shape index (κ2) is 7.84. The third-order valence-corrected chi connectivity index (χ3v) is 4.88. The molecule has 22 heavy (non-hydrogen) atoms. The molecule has 2 aliphatic heterocycles. The number of carbonyl (C=O) groups is 1. The van der Waals surface area contributed by atoms with E-state index in [4.69, 9.17) is 23.2 Å². The molecule has 0 aliphatic carbocycles. The predicted octanol–water partition coefficient (Wildman–Crippen LogP) is 2.53. The lowest BCUT2D eigenvalue weighted by Crippen LogP contribution is -2.52. The smallest absolute Gasteiger partial charge is 0.255 e. The van der Waals surface area contributed by atoms with E-state index in [0.717, 1.165) is 39.3 Å². The normalized spacial score (nSPS) is 22.5. The second-order valence-corrected chi connectivity index (χ2v) is 6.44. The molecule has 2 saturated heterocycles. The molecule has 3 rings (SSSR count). The van der Waals surface area contributed by atoms with E-state index in [9.17, 15) is 4.79 Å². The van der Waals surface area contributed by atoms with Gasteiger partial charge in [-0.2, -0.15) is 0 Å². The summed E-state index contributed by atoms with van der Waals surface area (Å²) in [5.41, 5.74) is 0.500. The monoisotopic (exact) mass is 363 g/mol.